The first kappa shape index (κ1) is 14.9. The zero-order valence-corrected chi connectivity index (χ0v) is 12.8. The van der Waals surface area contributed by atoms with Crippen molar-refractivity contribution < 1.29 is 13.2 Å². The molecule has 2 saturated carbocycles. The van der Waals surface area contributed by atoms with Crippen LogP contribution in [0, 0.1) is 34.2 Å². The van der Waals surface area contributed by atoms with Crippen molar-refractivity contribution in [3.8, 4) is 0 Å². The van der Waals surface area contributed by atoms with Crippen molar-refractivity contribution in [1.29, 1.82) is 0 Å². The largest absolute Gasteiger partial charge is 0.309 e. The molecule has 21 heavy (non-hydrogen) atoms. The van der Waals surface area contributed by atoms with Crippen LogP contribution in [0.1, 0.15) is 45.6 Å². The van der Waals surface area contributed by atoms with E-state index in [1.165, 1.54) is 19.3 Å². The molecule has 1 nitrogen and oxygen atoms in total. The van der Waals surface area contributed by atoms with E-state index in [1.807, 2.05) is 0 Å². The fourth-order valence-corrected chi connectivity index (χ4v) is 4.74. The lowest BCUT2D eigenvalue weighted by Crippen LogP contribution is -2.49. The van der Waals surface area contributed by atoms with Crippen molar-refractivity contribution in [1.82, 2.24) is 5.32 Å². The highest BCUT2D eigenvalue weighted by molar-refractivity contribution is 5.20. The summed E-state index contributed by atoms with van der Waals surface area (Å²) >= 11 is 0. The van der Waals surface area contributed by atoms with Gasteiger partial charge in [-0.1, -0.05) is 20.8 Å². The van der Waals surface area contributed by atoms with Gasteiger partial charge in [0.15, 0.2) is 17.5 Å². The molecule has 2 fully saturated rings. The highest BCUT2D eigenvalue weighted by Gasteiger charge is 2.58. The lowest BCUT2D eigenvalue weighted by atomic mass is 9.68. The van der Waals surface area contributed by atoms with Gasteiger partial charge in [-0.3, -0.25) is 0 Å². The van der Waals surface area contributed by atoms with Gasteiger partial charge < -0.3 is 5.32 Å². The molecule has 116 valence electrons. The van der Waals surface area contributed by atoms with Gasteiger partial charge in [-0.25, -0.2) is 13.2 Å². The summed E-state index contributed by atoms with van der Waals surface area (Å²) in [5, 5.41) is 3.48. The van der Waals surface area contributed by atoms with E-state index in [4.69, 9.17) is 0 Å². The van der Waals surface area contributed by atoms with Gasteiger partial charge in [-0.15, -0.1) is 0 Å². The maximum absolute atomic E-state index is 13.3. The predicted molar refractivity (Wildman–Crippen MR) is 76.2 cm³/mol. The SMILES string of the molecule is CC12CCC(C1)C(C)(C)C2NCc1cc(F)c(F)c(F)c1. The van der Waals surface area contributed by atoms with E-state index in [1.54, 1.807) is 0 Å². The summed E-state index contributed by atoms with van der Waals surface area (Å²) in [4.78, 5) is 0. The lowest BCUT2D eigenvalue weighted by molar-refractivity contribution is 0.108. The average Bonchev–Trinajstić information content (AvgIpc) is 2.86. The molecule has 0 spiro atoms. The second-order valence-electron chi connectivity index (χ2n) is 7.60. The van der Waals surface area contributed by atoms with Crippen molar-refractivity contribution >= 4 is 0 Å². The molecule has 0 amide bonds. The number of nitrogens with one attached hydrogen (secondary N) is 1. The first-order valence-electron chi connectivity index (χ1n) is 7.61. The van der Waals surface area contributed by atoms with Crippen LogP contribution >= 0.6 is 0 Å². The van der Waals surface area contributed by atoms with E-state index >= 15 is 0 Å². The van der Waals surface area contributed by atoms with Crippen molar-refractivity contribution in [3.05, 3.63) is 35.1 Å². The molecule has 3 rings (SSSR count). The molecule has 0 radical (unpaired) electrons. The Bertz CT molecular complexity index is 541. The van der Waals surface area contributed by atoms with Crippen LogP contribution in [0.15, 0.2) is 12.1 Å². The Kier molecular flexibility index (Phi) is 3.36. The Hall–Kier alpha value is -1.03. The monoisotopic (exact) mass is 297 g/mol. The maximum Gasteiger partial charge on any atom is 0.194 e. The molecular formula is C17H22F3N. The molecule has 1 aromatic rings. The Labute approximate surface area is 123 Å². The number of halogens is 3. The van der Waals surface area contributed by atoms with Gasteiger partial charge in [-0.05, 0) is 53.7 Å². The van der Waals surface area contributed by atoms with E-state index in [9.17, 15) is 13.2 Å². The van der Waals surface area contributed by atoms with Gasteiger partial charge in [0.2, 0.25) is 0 Å². The van der Waals surface area contributed by atoms with Crippen LogP contribution in [0.4, 0.5) is 13.2 Å². The first-order valence-corrected chi connectivity index (χ1v) is 7.61. The molecule has 4 heteroatoms. The molecule has 1 aromatic carbocycles. The molecule has 2 aliphatic rings. The molecule has 2 aliphatic carbocycles. The molecule has 3 atom stereocenters. The van der Waals surface area contributed by atoms with Gasteiger partial charge >= 0.3 is 0 Å². The third-order valence-electron chi connectivity index (χ3n) is 5.82. The van der Waals surface area contributed by atoms with E-state index in [0.717, 1.165) is 12.1 Å². The Morgan fingerprint density at radius 1 is 1.14 bits per heavy atom. The molecule has 2 bridgehead atoms. The standard InChI is InChI=1S/C17H22F3N/c1-16(2)11-4-5-17(3,8-11)15(16)21-9-10-6-12(18)14(20)13(19)7-10/h6-7,11,15,21H,4-5,8-9H2,1-3H3. The summed E-state index contributed by atoms with van der Waals surface area (Å²) in [6, 6.07) is 2.47. The normalized spacial score (nSPS) is 33.6. The second-order valence-corrected chi connectivity index (χ2v) is 7.60. The van der Waals surface area contributed by atoms with Crippen molar-refractivity contribution in [2.75, 3.05) is 0 Å². The summed E-state index contributed by atoms with van der Waals surface area (Å²) < 4.78 is 39.5. The Balaban J connectivity index is 1.76. The van der Waals surface area contributed by atoms with E-state index in [2.05, 4.69) is 26.1 Å². The van der Waals surface area contributed by atoms with E-state index in [-0.39, 0.29) is 10.8 Å². The minimum Gasteiger partial charge on any atom is -0.309 e. The molecule has 0 heterocycles. The van der Waals surface area contributed by atoms with Gasteiger partial charge in [0.05, 0.1) is 0 Å². The molecule has 0 saturated heterocycles. The van der Waals surface area contributed by atoms with Crippen LogP contribution < -0.4 is 5.32 Å². The summed E-state index contributed by atoms with van der Waals surface area (Å²) in [6.45, 7) is 7.20. The molecule has 0 aliphatic heterocycles. The number of hydrogen-bond donors (Lipinski definition) is 1. The molecule has 3 unspecified atom stereocenters. The predicted octanol–water partition coefficient (Wildman–Crippen LogP) is 4.41. The van der Waals surface area contributed by atoms with Crippen LogP contribution in [0.5, 0.6) is 0 Å². The third kappa shape index (κ3) is 2.28. The zero-order valence-electron chi connectivity index (χ0n) is 12.8. The summed E-state index contributed by atoms with van der Waals surface area (Å²) in [6.07, 6.45) is 3.68. The van der Waals surface area contributed by atoms with Crippen LogP contribution in [0.25, 0.3) is 0 Å². The average molecular weight is 297 g/mol. The second kappa shape index (κ2) is 4.73. The fourth-order valence-electron chi connectivity index (χ4n) is 4.74. The van der Waals surface area contributed by atoms with E-state index in [0.29, 0.717) is 24.1 Å². The third-order valence-corrected chi connectivity index (χ3v) is 5.82. The van der Waals surface area contributed by atoms with Gasteiger partial charge in [0.1, 0.15) is 0 Å². The number of fused-ring (bicyclic) bond motifs is 2. The number of rotatable bonds is 3. The van der Waals surface area contributed by atoms with E-state index < -0.39 is 17.5 Å². The summed E-state index contributed by atoms with van der Waals surface area (Å²) in [5.74, 6) is -2.93. The molecular weight excluding hydrogens is 275 g/mol. The zero-order chi connectivity index (χ0) is 15.4. The number of hydrogen-bond acceptors (Lipinski definition) is 1. The highest BCUT2D eigenvalue weighted by Crippen LogP contribution is 2.62. The summed E-state index contributed by atoms with van der Waals surface area (Å²) in [5.41, 5.74) is 0.892. The Morgan fingerprint density at radius 2 is 1.76 bits per heavy atom. The Morgan fingerprint density at radius 3 is 2.29 bits per heavy atom. The van der Waals surface area contributed by atoms with Crippen LogP contribution in [-0.2, 0) is 6.54 Å². The van der Waals surface area contributed by atoms with Gasteiger partial charge in [0, 0.05) is 12.6 Å². The molecule has 1 N–H and O–H groups in total. The van der Waals surface area contributed by atoms with Crippen LogP contribution in [0.2, 0.25) is 0 Å². The van der Waals surface area contributed by atoms with Crippen molar-refractivity contribution in [2.45, 2.75) is 52.6 Å². The van der Waals surface area contributed by atoms with Crippen LogP contribution in [0.3, 0.4) is 0 Å². The number of benzene rings is 1. The lowest BCUT2D eigenvalue weighted by Gasteiger charge is -2.43. The topological polar surface area (TPSA) is 12.0 Å². The summed E-state index contributed by atoms with van der Waals surface area (Å²) in [7, 11) is 0. The van der Waals surface area contributed by atoms with Crippen LogP contribution in [-0.4, -0.2) is 6.04 Å². The van der Waals surface area contributed by atoms with Gasteiger partial charge in [0.25, 0.3) is 0 Å². The fraction of sp³-hybridized carbons (Fsp3) is 0.647. The minimum atomic E-state index is -1.40. The van der Waals surface area contributed by atoms with Gasteiger partial charge in [-0.2, -0.15) is 0 Å². The first-order chi connectivity index (χ1) is 9.74. The minimum absolute atomic E-state index is 0.185. The smallest absolute Gasteiger partial charge is 0.194 e. The van der Waals surface area contributed by atoms with Crippen molar-refractivity contribution in [3.63, 3.8) is 0 Å². The highest BCUT2D eigenvalue weighted by atomic mass is 19.2. The molecule has 0 aromatic heterocycles. The quantitative estimate of drug-likeness (QED) is 0.815. The maximum atomic E-state index is 13.3. The van der Waals surface area contributed by atoms with Crippen molar-refractivity contribution in [2.24, 2.45) is 16.7 Å².